The van der Waals surface area contributed by atoms with E-state index in [0.717, 1.165) is 19.3 Å². The summed E-state index contributed by atoms with van der Waals surface area (Å²) in [5.74, 6) is -0.722. The summed E-state index contributed by atoms with van der Waals surface area (Å²) in [5.41, 5.74) is -1.07. The molecule has 0 aliphatic heterocycles. The Labute approximate surface area is 163 Å². The lowest BCUT2D eigenvalue weighted by Crippen LogP contribution is -2.61. The van der Waals surface area contributed by atoms with Gasteiger partial charge < -0.3 is 20.2 Å². The number of amides is 2. The van der Waals surface area contributed by atoms with Crippen LogP contribution in [0.4, 0.5) is 0 Å². The molecule has 8 heteroatoms. The van der Waals surface area contributed by atoms with Gasteiger partial charge in [-0.25, -0.2) is 4.79 Å². The van der Waals surface area contributed by atoms with Crippen molar-refractivity contribution in [3.05, 3.63) is 30.2 Å². The highest BCUT2D eigenvalue weighted by Crippen LogP contribution is 2.29. The van der Waals surface area contributed by atoms with E-state index >= 15 is 0 Å². The quantitative estimate of drug-likeness (QED) is 0.555. The minimum atomic E-state index is -1.07. The predicted octanol–water partition coefficient (Wildman–Crippen LogP) is 2.43. The molecule has 0 spiro atoms. The number of carboxylic acid groups (broad SMARTS) is 1. The van der Waals surface area contributed by atoms with Crippen LogP contribution in [0.2, 0.25) is 0 Å². The number of aliphatic carboxylic acids is 1. The molecule has 27 heavy (non-hydrogen) atoms. The fraction of sp³-hybridized carbons (Fsp3) is 0.526. The second-order valence-corrected chi connectivity index (χ2v) is 7.61. The van der Waals surface area contributed by atoms with Gasteiger partial charge in [-0.2, -0.15) is 11.8 Å². The largest absolute Gasteiger partial charge is 0.480 e. The summed E-state index contributed by atoms with van der Waals surface area (Å²) in [4.78, 5) is 36.7. The van der Waals surface area contributed by atoms with Crippen molar-refractivity contribution in [1.82, 2.24) is 10.6 Å². The van der Waals surface area contributed by atoms with E-state index in [-0.39, 0.29) is 0 Å². The molecule has 1 heterocycles. The smallest absolute Gasteiger partial charge is 0.326 e. The summed E-state index contributed by atoms with van der Waals surface area (Å²) in [6.07, 6.45) is 10.2. The number of carbonyl (C=O) groups is 3. The first-order valence-corrected chi connectivity index (χ1v) is 10.4. The van der Waals surface area contributed by atoms with Crippen LogP contribution in [-0.4, -0.2) is 46.5 Å². The lowest BCUT2D eigenvalue weighted by atomic mass is 9.80. The van der Waals surface area contributed by atoms with Crippen molar-refractivity contribution < 1.29 is 23.9 Å². The van der Waals surface area contributed by atoms with Crippen molar-refractivity contribution in [1.29, 1.82) is 0 Å². The third-order valence-corrected chi connectivity index (χ3v) is 5.30. The molecule has 0 aromatic carbocycles. The summed E-state index contributed by atoms with van der Waals surface area (Å²) < 4.78 is 5.15. The van der Waals surface area contributed by atoms with Crippen LogP contribution in [0.25, 0.3) is 6.08 Å². The van der Waals surface area contributed by atoms with Gasteiger partial charge in [-0.15, -0.1) is 0 Å². The fourth-order valence-corrected chi connectivity index (χ4v) is 3.65. The standard InChI is InChI=1S/C19H26N2O5S/c1-27-13-9-15(17(23)24)20-18(25)19(10-3-2-4-11-19)21-16(22)8-7-14-6-5-12-26-14/h5-8,12,15H,2-4,9-11,13H2,1H3,(H,20,25)(H,21,22)(H,23,24)/b8-7+. The Kier molecular flexibility index (Phi) is 7.97. The molecular formula is C19H26N2O5S. The molecule has 148 valence electrons. The maximum Gasteiger partial charge on any atom is 0.326 e. The molecule has 0 saturated heterocycles. The van der Waals surface area contributed by atoms with E-state index in [1.807, 2.05) is 6.26 Å². The third kappa shape index (κ3) is 6.16. The number of furan rings is 1. The van der Waals surface area contributed by atoms with Crippen molar-refractivity contribution >= 4 is 35.6 Å². The Hall–Kier alpha value is -2.22. The van der Waals surface area contributed by atoms with Gasteiger partial charge in [-0.05, 0) is 49.5 Å². The molecule has 1 unspecified atom stereocenters. The molecule has 3 N–H and O–H groups in total. The molecule has 7 nitrogen and oxygen atoms in total. The number of nitrogens with one attached hydrogen (secondary N) is 2. The predicted molar refractivity (Wildman–Crippen MR) is 104 cm³/mol. The second kappa shape index (κ2) is 10.2. The number of carbonyl (C=O) groups excluding carboxylic acids is 2. The van der Waals surface area contributed by atoms with E-state index in [1.165, 1.54) is 30.2 Å². The number of thioether (sulfide) groups is 1. The van der Waals surface area contributed by atoms with Crippen LogP contribution in [0.3, 0.4) is 0 Å². The van der Waals surface area contributed by atoms with Gasteiger partial charge >= 0.3 is 5.97 Å². The number of rotatable bonds is 9. The minimum absolute atomic E-state index is 0.338. The molecule has 1 atom stereocenters. The SMILES string of the molecule is CSCCC(NC(=O)C1(NC(=O)/C=C/c2ccco2)CCCCC1)C(=O)O. The molecule has 1 fully saturated rings. The van der Waals surface area contributed by atoms with Crippen LogP contribution < -0.4 is 10.6 Å². The summed E-state index contributed by atoms with van der Waals surface area (Å²) in [6, 6.07) is 2.48. The van der Waals surface area contributed by atoms with Gasteiger partial charge in [0, 0.05) is 6.08 Å². The average molecular weight is 394 g/mol. The van der Waals surface area contributed by atoms with Crippen molar-refractivity contribution in [2.45, 2.75) is 50.1 Å². The molecule has 1 aromatic rings. The normalized spacial score (nSPS) is 17.4. The molecule has 1 saturated carbocycles. The summed E-state index contributed by atoms with van der Waals surface area (Å²) in [7, 11) is 0. The van der Waals surface area contributed by atoms with Crippen molar-refractivity contribution in [2.24, 2.45) is 0 Å². The summed E-state index contributed by atoms with van der Waals surface area (Å²) in [5, 5.41) is 14.8. The highest BCUT2D eigenvalue weighted by Gasteiger charge is 2.41. The zero-order chi connectivity index (χ0) is 19.7. The topological polar surface area (TPSA) is 109 Å². The van der Waals surface area contributed by atoms with Crippen LogP contribution in [0, 0.1) is 0 Å². The average Bonchev–Trinajstić information content (AvgIpc) is 3.17. The highest BCUT2D eigenvalue weighted by molar-refractivity contribution is 7.98. The van der Waals surface area contributed by atoms with Crippen molar-refractivity contribution in [3.63, 3.8) is 0 Å². The first-order valence-electron chi connectivity index (χ1n) is 9.03. The van der Waals surface area contributed by atoms with Crippen LogP contribution in [0.5, 0.6) is 0 Å². The summed E-state index contributed by atoms with van der Waals surface area (Å²) in [6.45, 7) is 0. The Morgan fingerprint density at radius 2 is 2.07 bits per heavy atom. The number of hydrogen-bond acceptors (Lipinski definition) is 5. The molecule has 2 amide bonds. The summed E-state index contributed by atoms with van der Waals surface area (Å²) >= 11 is 1.52. The number of carboxylic acids is 1. The monoisotopic (exact) mass is 394 g/mol. The fourth-order valence-electron chi connectivity index (χ4n) is 3.18. The third-order valence-electron chi connectivity index (χ3n) is 4.66. The van der Waals surface area contributed by atoms with E-state index in [0.29, 0.717) is 30.8 Å². The van der Waals surface area contributed by atoms with E-state index in [9.17, 15) is 19.5 Å². The minimum Gasteiger partial charge on any atom is -0.480 e. The van der Waals surface area contributed by atoms with Crippen LogP contribution in [0.15, 0.2) is 28.9 Å². The lowest BCUT2D eigenvalue weighted by Gasteiger charge is -2.37. The molecule has 1 aromatic heterocycles. The van der Waals surface area contributed by atoms with E-state index in [2.05, 4.69) is 10.6 Å². The first-order chi connectivity index (χ1) is 13.0. The van der Waals surface area contributed by atoms with E-state index in [4.69, 9.17) is 4.42 Å². The van der Waals surface area contributed by atoms with E-state index in [1.54, 1.807) is 12.1 Å². The van der Waals surface area contributed by atoms with Crippen LogP contribution in [0.1, 0.15) is 44.3 Å². The van der Waals surface area contributed by atoms with Crippen molar-refractivity contribution in [3.8, 4) is 0 Å². The van der Waals surface area contributed by atoms with Gasteiger partial charge in [0.05, 0.1) is 6.26 Å². The highest BCUT2D eigenvalue weighted by atomic mass is 32.2. The second-order valence-electron chi connectivity index (χ2n) is 6.63. The van der Waals surface area contributed by atoms with Gasteiger partial charge in [-0.1, -0.05) is 19.3 Å². The molecule has 1 aliphatic carbocycles. The van der Waals surface area contributed by atoms with Gasteiger partial charge in [-0.3, -0.25) is 9.59 Å². The van der Waals surface area contributed by atoms with Crippen LogP contribution in [-0.2, 0) is 14.4 Å². The number of hydrogen-bond donors (Lipinski definition) is 3. The van der Waals surface area contributed by atoms with Crippen molar-refractivity contribution in [2.75, 3.05) is 12.0 Å². The zero-order valence-electron chi connectivity index (χ0n) is 15.4. The maximum atomic E-state index is 12.9. The van der Waals surface area contributed by atoms with Gasteiger partial charge in [0.1, 0.15) is 17.3 Å². The molecule has 0 bridgehead atoms. The van der Waals surface area contributed by atoms with E-state index < -0.39 is 29.4 Å². The molecule has 2 rings (SSSR count). The van der Waals surface area contributed by atoms with Gasteiger partial charge in [0.25, 0.3) is 0 Å². The molecular weight excluding hydrogens is 368 g/mol. The first kappa shape index (κ1) is 21.1. The van der Waals surface area contributed by atoms with Gasteiger partial charge in [0.2, 0.25) is 11.8 Å². The van der Waals surface area contributed by atoms with Crippen LogP contribution >= 0.6 is 11.8 Å². The Balaban J connectivity index is 2.08. The molecule has 1 aliphatic rings. The maximum absolute atomic E-state index is 12.9. The molecule has 0 radical (unpaired) electrons. The Bertz CT molecular complexity index is 666. The zero-order valence-corrected chi connectivity index (χ0v) is 16.2. The van der Waals surface area contributed by atoms with Gasteiger partial charge in [0.15, 0.2) is 0 Å². The lowest BCUT2D eigenvalue weighted by molar-refractivity contribution is -0.143. The Morgan fingerprint density at radius 3 is 2.67 bits per heavy atom. The Morgan fingerprint density at radius 1 is 1.33 bits per heavy atom.